The average molecular weight is 292 g/mol. The van der Waals surface area contributed by atoms with Gasteiger partial charge in [-0.05, 0) is 32.5 Å². The molecule has 2 nitrogen and oxygen atoms in total. The molecule has 0 amide bonds. The fraction of sp³-hybridized carbons (Fsp3) is 0.400. The molecule has 1 atom stereocenters. The van der Waals surface area contributed by atoms with E-state index in [1.165, 1.54) is 20.3 Å². The Labute approximate surface area is 123 Å². The van der Waals surface area contributed by atoms with Gasteiger partial charge in [0.25, 0.3) is 0 Å². The third-order valence-corrected chi connectivity index (χ3v) is 5.23. The van der Waals surface area contributed by atoms with Gasteiger partial charge in [-0.3, -0.25) is 0 Å². The largest absolute Gasteiger partial charge is 0.310 e. The van der Waals surface area contributed by atoms with Crippen molar-refractivity contribution >= 4 is 23.1 Å². The molecule has 1 N–H and O–H groups in total. The first kappa shape index (κ1) is 14.6. The first-order chi connectivity index (χ1) is 9.19. The molecule has 2 aromatic rings. The van der Waals surface area contributed by atoms with Crippen molar-refractivity contribution in [1.29, 1.82) is 0 Å². The van der Waals surface area contributed by atoms with E-state index in [0.717, 1.165) is 12.3 Å². The van der Waals surface area contributed by atoms with Crippen LogP contribution in [0, 0.1) is 6.92 Å². The van der Waals surface area contributed by atoms with E-state index in [1.54, 1.807) is 0 Å². The summed E-state index contributed by atoms with van der Waals surface area (Å²) in [4.78, 5) is 7.15. The lowest BCUT2D eigenvalue weighted by Gasteiger charge is -2.08. The Bertz CT molecular complexity index is 522. The molecule has 1 aromatic carbocycles. The zero-order valence-electron chi connectivity index (χ0n) is 11.6. The molecule has 1 aromatic heterocycles. The highest BCUT2D eigenvalue weighted by atomic mass is 32.2. The Kier molecular flexibility index (Phi) is 5.43. The lowest BCUT2D eigenvalue weighted by atomic mass is 10.2. The average Bonchev–Trinajstić information content (AvgIpc) is 2.86. The summed E-state index contributed by atoms with van der Waals surface area (Å²) in [5, 5.41) is 4.62. The second-order valence-corrected chi connectivity index (χ2v) is 6.74. The van der Waals surface area contributed by atoms with E-state index in [2.05, 4.69) is 55.3 Å². The minimum atomic E-state index is 0.403. The van der Waals surface area contributed by atoms with Crippen LogP contribution in [0.3, 0.4) is 0 Å². The van der Waals surface area contributed by atoms with Gasteiger partial charge in [0.15, 0.2) is 0 Å². The monoisotopic (exact) mass is 292 g/mol. The number of thioether (sulfide) groups is 1. The molecule has 0 aliphatic rings. The molecule has 102 valence electrons. The van der Waals surface area contributed by atoms with Crippen LogP contribution in [0.5, 0.6) is 0 Å². The highest BCUT2D eigenvalue weighted by Crippen LogP contribution is 2.27. The van der Waals surface area contributed by atoms with Gasteiger partial charge in [0.1, 0.15) is 5.01 Å². The lowest BCUT2D eigenvalue weighted by Crippen LogP contribution is -2.16. The molecule has 1 unspecified atom stereocenters. The first-order valence-electron chi connectivity index (χ1n) is 6.56. The Hall–Kier alpha value is -0.840. The van der Waals surface area contributed by atoms with E-state index in [4.69, 9.17) is 0 Å². The fourth-order valence-corrected chi connectivity index (χ4v) is 3.81. The molecule has 0 saturated heterocycles. The molecule has 0 radical (unpaired) electrons. The number of benzene rings is 1. The van der Waals surface area contributed by atoms with Gasteiger partial charge in [0, 0.05) is 22.0 Å². The molecule has 19 heavy (non-hydrogen) atoms. The summed E-state index contributed by atoms with van der Waals surface area (Å²) in [6.07, 6.45) is 2.00. The number of rotatable bonds is 6. The fourth-order valence-electron chi connectivity index (χ4n) is 1.85. The summed E-state index contributed by atoms with van der Waals surface area (Å²) in [7, 11) is 0. The van der Waals surface area contributed by atoms with Crippen LogP contribution in [-0.4, -0.2) is 11.5 Å². The molecule has 0 bridgehead atoms. The minimum absolute atomic E-state index is 0.403. The summed E-state index contributed by atoms with van der Waals surface area (Å²) in [6.45, 7) is 7.44. The third kappa shape index (κ3) is 4.34. The first-order valence-corrected chi connectivity index (χ1v) is 8.36. The molecular weight excluding hydrogens is 272 g/mol. The number of hydrogen-bond acceptors (Lipinski definition) is 4. The van der Waals surface area contributed by atoms with E-state index >= 15 is 0 Å². The number of hydrogen-bond donors (Lipinski definition) is 1. The molecule has 4 heteroatoms. The predicted molar refractivity (Wildman–Crippen MR) is 84.9 cm³/mol. The second-order valence-electron chi connectivity index (χ2n) is 4.54. The SMILES string of the molecule is CCNC(C)c1cnc(CSc2cccc(C)c2)s1. The molecule has 1 heterocycles. The number of nitrogens with one attached hydrogen (secondary N) is 1. The van der Waals surface area contributed by atoms with Crippen LogP contribution in [-0.2, 0) is 5.75 Å². The quantitative estimate of drug-likeness (QED) is 0.798. The topological polar surface area (TPSA) is 24.9 Å². The summed E-state index contributed by atoms with van der Waals surface area (Å²) in [6, 6.07) is 9.02. The standard InChI is InChI=1S/C15H20N2S2/c1-4-16-12(3)14-9-17-15(19-14)10-18-13-7-5-6-11(2)8-13/h5-9,12,16H,4,10H2,1-3H3. The smallest absolute Gasteiger partial charge is 0.103 e. The van der Waals surface area contributed by atoms with Crippen LogP contribution >= 0.6 is 23.1 Å². The summed E-state index contributed by atoms with van der Waals surface area (Å²) >= 11 is 3.66. The van der Waals surface area contributed by atoms with Crippen molar-refractivity contribution in [3.05, 3.63) is 45.9 Å². The van der Waals surface area contributed by atoms with Gasteiger partial charge in [-0.2, -0.15) is 0 Å². The van der Waals surface area contributed by atoms with Gasteiger partial charge in [-0.25, -0.2) is 4.98 Å². The molecule has 0 aliphatic heterocycles. The summed E-state index contributed by atoms with van der Waals surface area (Å²) in [5.41, 5.74) is 1.31. The minimum Gasteiger partial charge on any atom is -0.310 e. The van der Waals surface area contributed by atoms with Crippen molar-refractivity contribution in [3.63, 3.8) is 0 Å². The van der Waals surface area contributed by atoms with Crippen molar-refractivity contribution in [1.82, 2.24) is 10.3 Å². The van der Waals surface area contributed by atoms with Gasteiger partial charge >= 0.3 is 0 Å². The Morgan fingerprint density at radius 1 is 1.42 bits per heavy atom. The van der Waals surface area contributed by atoms with Crippen molar-refractivity contribution in [2.45, 2.75) is 37.5 Å². The second kappa shape index (κ2) is 7.08. The zero-order chi connectivity index (χ0) is 13.7. The van der Waals surface area contributed by atoms with Crippen molar-refractivity contribution in [2.24, 2.45) is 0 Å². The van der Waals surface area contributed by atoms with Crippen LogP contribution in [0.25, 0.3) is 0 Å². The van der Waals surface area contributed by atoms with Gasteiger partial charge in [-0.15, -0.1) is 23.1 Å². The van der Waals surface area contributed by atoms with Gasteiger partial charge in [0.05, 0.1) is 5.75 Å². The van der Waals surface area contributed by atoms with Crippen LogP contribution < -0.4 is 5.32 Å². The number of thiazole rings is 1. The molecule has 2 rings (SSSR count). The zero-order valence-corrected chi connectivity index (χ0v) is 13.3. The van der Waals surface area contributed by atoms with Gasteiger partial charge < -0.3 is 5.32 Å². The highest BCUT2D eigenvalue weighted by molar-refractivity contribution is 7.98. The van der Waals surface area contributed by atoms with Crippen LogP contribution in [0.15, 0.2) is 35.4 Å². The normalized spacial score (nSPS) is 12.6. The lowest BCUT2D eigenvalue weighted by molar-refractivity contribution is 0.606. The summed E-state index contributed by atoms with van der Waals surface area (Å²) < 4.78 is 0. The van der Waals surface area contributed by atoms with Crippen LogP contribution in [0.4, 0.5) is 0 Å². The maximum atomic E-state index is 4.51. The molecule has 0 saturated carbocycles. The van der Waals surface area contributed by atoms with E-state index in [-0.39, 0.29) is 0 Å². The van der Waals surface area contributed by atoms with Gasteiger partial charge in [0.2, 0.25) is 0 Å². The van der Waals surface area contributed by atoms with Crippen LogP contribution in [0.2, 0.25) is 0 Å². The van der Waals surface area contributed by atoms with Crippen molar-refractivity contribution < 1.29 is 0 Å². The predicted octanol–water partition coefficient (Wildman–Crippen LogP) is 4.41. The van der Waals surface area contributed by atoms with E-state index in [0.29, 0.717) is 6.04 Å². The maximum absolute atomic E-state index is 4.51. The summed E-state index contributed by atoms with van der Waals surface area (Å²) in [5.74, 6) is 0.951. The highest BCUT2D eigenvalue weighted by Gasteiger charge is 2.08. The van der Waals surface area contributed by atoms with Crippen molar-refractivity contribution in [3.8, 4) is 0 Å². The molecule has 0 fully saturated rings. The molecular formula is C15H20N2S2. The Balaban J connectivity index is 1.93. The van der Waals surface area contributed by atoms with E-state index < -0.39 is 0 Å². The van der Waals surface area contributed by atoms with E-state index in [1.807, 2.05) is 29.3 Å². The third-order valence-electron chi connectivity index (χ3n) is 2.86. The van der Waals surface area contributed by atoms with Crippen molar-refractivity contribution in [2.75, 3.05) is 6.54 Å². The molecule has 0 aliphatic carbocycles. The number of nitrogens with zero attached hydrogens (tertiary/aromatic N) is 1. The molecule has 0 spiro atoms. The van der Waals surface area contributed by atoms with Crippen LogP contribution in [0.1, 0.15) is 35.3 Å². The van der Waals surface area contributed by atoms with Gasteiger partial charge in [-0.1, -0.05) is 24.6 Å². The maximum Gasteiger partial charge on any atom is 0.103 e. The number of aryl methyl sites for hydroxylation is 1. The Morgan fingerprint density at radius 2 is 2.26 bits per heavy atom. The number of aromatic nitrogens is 1. The van der Waals surface area contributed by atoms with E-state index in [9.17, 15) is 0 Å². The Morgan fingerprint density at radius 3 is 3.00 bits per heavy atom.